The van der Waals surface area contributed by atoms with Gasteiger partial charge >= 0.3 is 0 Å². The molecule has 0 aliphatic rings. The smallest absolute Gasteiger partial charge is 0.258 e. The van der Waals surface area contributed by atoms with Gasteiger partial charge in [-0.05, 0) is 37.6 Å². The van der Waals surface area contributed by atoms with Crippen molar-refractivity contribution in [3.8, 4) is 0 Å². The first-order valence-corrected chi connectivity index (χ1v) is 8.64. The zero-order valence-electron chi connectivity index (χ0n) is 12.9. The molecule has 0 saturated heterocycles. The number of hydrazone groups is 1. The number of nitrogens with zero attached hydrogens (tertiary/aromatic N) is 2. The predicted octanol–water partition coefficient (Wildman–Crippen LogP) is 3.26. The lowest BCUT2D eigenvalue weighted by atomic mass is 10.1. The molecule has 2 aromatic rings. The number of halogens is 1. The first-order valence-electron chi connectivity index (χ1n) is 6.78. The van der Waals surface area contributed by atoms with E-state index in [4.69, 9.17) is 11.6 Å². The van der Waals surface area contributed by atoms with E-state index in [9.17, 15) is 18.5 Å². The number of rotatable bonds is 5. The molecule has 7 nitrogen and oxygen atoms in total. The predicted molar refractivity (Wildman–Crippen MR) is 91.8 cm³/mol. The molecule has 0 bridgehead atoms. The second kappa shape index (κ2) is 6.98. The first-order chi connectivity index (χ1) is 11.2. The van der Waals surface area contributed by atoms with Gasteiger partial charge in [0.1, 0.15) is 0 Å². The third-order valence-corrected chi connectivity index (χ3v) is 4.70. The van der Waals surface area contributed by atoms with Crippen molar-refractivity contribution in [3.05, 3.63) is 68.7 Å². The first kappa shape index (κ1) is 17.9. The molecule has 0 aliphatic heterocycles. The number of nitro groups is 1. The third-order valence-electron chi connectivity index (χ3n) is 3.26. The second-order valence-electron chi connectivity index (χ2n) is 5.01. The molecule has 0 heterocycles. The molecule has 0 fully saturated rings. The summed E-state index contributed by atoms with van der Waals surface area (Å²) in [6.45, 7) is 3.15. The van der Waals surface area contributed by atoms with Gasteiger partial charge in [0.15, 0.2) is 0 Å². The molecule has 0 spiro atoms. The summed E-state index contributed by atoms with van der Waals surface area (Å²) in [6.07, 6.45) is 0. The van der Waals surface area contributed by atoms with E-state index in [0.29, 0.717) is 21.9 Å². The third kappa shape index (κ3) is 4.09. The van der Waals surface area contributed by atoms with Gasteiger partial charge in [-0.2, -0.15) is 18.4 Å². The zero-order valence-corrected chi connectivity index (χ0v) is 14.4. The van der Waals surface area contributed by atoms with Crippen molar-refractivity contribution < 1.29 is 13.3 Å². The molecule has 0 aromatic heterocycles. The van der Waals surface area contributed by atoms with Gasteiger partial charge in [0.25, 0.3) is 15.7 Å². The number of hydrogen-bond donors (Lipinski definition) is 1. The van der Waals surface area contributed by atoms with Crippen molar-refractivity contribution in [2.24, 2.45) is 5.10 Å². The summed E-state index contributed by atoms with van der Waals surface area (Å²) in [7, 11) is -4.02. The van der Waals surface area contributed by atoms with Crippen LogP contribution in [0, 0.1) is 17.0 Å². The fourth-order valence-corrected chi connectivity index (χ4v) is 2.98. The SMILES string of the molecule is C/C(=N\NS(=O)(=O)c1ccc(C)c([N+](=O)[O-])c1)c1cccc(Cl)c1. The number of nitrogens with one attached hydrogen (secondary N) is 1. The van der Waals surface area contributed by atoms with Gasteiger partial charge in [-0.3, -0.25) is 10.1 Å². The van der Waals surface area contributed by atoms with Crippen molar-refractivity contribution in [2.45, 2.75) is 18.7 Å². The lowest BCUT2D eigenvalue weighted by Gasteiger charge is -2.06. The molecule has 2 rings (SSSR count). The van der Waals surface area contributed by atoms with Crippen LogP contribution in [0.1, 0.15) is 18.1 Å². The number of benzene rings is 2. The molecular weight excluding hydrogens is 354 g/mol. The largest absolute Gasteiger partial charge is 0.276 e. The summed E-state index contributed by atoms with van der Waals surface area (Å²) >= 11 is 5.88. The van der Waals surface area contributed by atoms with Crippen molar-refractivity contribution in [1.29, 1.82) is 0 Å². The molecule has 0 amide bonds. The highest BCUT2D eigenvalue weighted by Crippen LogP contribution is 2.22. The maximum Gasteiger partial charge on any atom is 0.276 e. The van der Waals surface area contributed by atoms with Gasteiger partial charge in [-0.25, -0.2) is 0 Å². The Kier molecular flexibility index (Phi) is 5.20. The van der Waals surface area contributed by atoms with Crippen LogP contribution in [0.2, 0.25) is 5.02 Å². The Bertz CT molecular complexity index is 926. The molecular formula is C15H14ClN3O4S. The Morgan fingerprint density at radius 3 is 2.58 bits per heavy atom. The van der Waals surface area contributed by atoms with Gasteiger partial charge in [0, 0.05) is 16.7 Å². The van der Waals surface area contributed by atoms with Crippen LogP contribution in [-0.2, 0) is 10.0 Å². The lowest BCUT2D eigenvalue weighted by molar-refractivity contribution is -0.385. The summed E-state index contributed by atoms with van der Waals surface area (Å²) < 4.78 is 24.5. The van der Waals surface area contributed by atoms with Crippen LogP contribution >= 0.6 is 11.6 Å². The number of hydrogen-bond acceptors (Lipinski definition) is 5. The van der Waals surface area contributed by atoms with Crippen LogP contribution in [-0.4, -0.2) is 19.1 Å². The number of aryl methyl sites for hydroxylation is 1. The summed E-state index contributed by atoms with van der Waals surface area (Å²) in [5, 5.41) is 15.3. The standard InChI is InChI=1S/C15H14ClN3O4S/c1-10-6-7-14(9-15(10)19(20)21)24(22,23)18-17-11(2)12-4-3-5-13(16)8-12/h3-9,18H,1-2H3/b17-11+. The van der Waals surface area contributed by atoms with Crippen LogP contribution in [0.25, 0.3) is 0 Å². The van der Waals surface area contributed by atoms with Crippen molar-refractivity contribution in [3.63, 3.8) is 0 Å². The zero-order chi connectivity index (χ0) is 17.9. The average Bonchev–Trinajstić information content (AvgIpc) is 2.52. The molecule has 0 saturated carbocycles. The lowest BCUT2D eigenvalue weighted by Crippen LogP contribution is -2.20. The van der Waals surface area contributed by atoms with Crippen molar-refractivity contribution in [1.82, 2.24) is 4.83 Å². The van der Waals surface area contributed by atoms with Gasteiger partial charge < -0.3 is 0 Å². The van der Waals surface area contributed by atoms with Gasteiger partial charge in [0.05, 0.1) is 15.5 Å². The van der Waals surface area contributed by atoms with E-state index in [1.807, 2.05) is 0 Å². The quantitative estimate of drug-likeness (QED) is 0.497. The maximum absolute atomic E-state index is 12.3. The molecule has 0 aliphatic carbocycles. The Morgan fingerprint density at radius 2 is 1.96 bits per heavy atom. The molecule has 2 aromatic carbocycles. The Labute approximate surface area is 144 Å². The van der Waals surface area contributed by atoms with Crippen LogP contribution in [0.5, 0.6) is 0 Å². The van der Waals surface area contributed by atoms with Crippen LogP contribution in [0.4, 0.5) is 5.69 Å². The topological polar surface area (TPSA) is 102 Å². The molecule has 9 heteroatoms. The van der Waals surface area contributed by atoms with E-state index in [1.165, 1.54) is 19.1 Å². The molecule has 0 atom stereocenters. The van der Waals surface area contributed by atoms with Crippen molar-refractivity contribution >= 4 is 33.0 Å². The maximum atomic E-state index is 12.3. The van der Waals surface area contributed by atoms with Crippen molar-refractivity contribution in [2.75, 3.05) is 0 Å². The minimum atomic E-state index is -4.02. The van der Waals surface area contributed by atoms with E-state index in [1.54, 1.807) is 31.2 Å². The molecule has 24 heavy (non-hydrogen) atoms. The fraction of sp³-hybridized carbons (Fsp3) is 0.133. The van der Waals surface area contributed by atoms with E-state index in [0.717, 1.165) is 6.07 Å². The number of nitro benzene ring substituents is 1. The highest BCUT2D eigenvalue weighted by molar-refractivity contribution is 7.89. The fourth-order valence-electron chi connectivity index (χ4n) is 1.91. The van der Waals surface area contributed by atoms with Gasteiger partial charge in [0.2, 0.25) is 0 Å². The van der Waals surface area contributed by atoms with Crippen LogP contribution in [0.3, 0.4) is 0 Å². The highest BCUT2D eigenvalue weighted by Gasteiger charge is 2.19. The summed E-state index contributed by atoms with van der Waals surface area (Å²) in [5.41, 5.74) is 1.16. The molecule has 126 valence electrons. The van der Waals surface area contributed by atoms with E-state index < -0.39 is 14.9 Å². The normalized spacial score (nSPS) is 12.0. The monoisotopic (exact) mass is 367 g/mol. The Balaban J connectivity index is 2.30. The minimum Gasteiger partial charge on any atom is -0.258 e. The van der Waals surface area contributed by atoms with E-state index in [2.05, 4.69) is 9.93 Å². The average molecular weight is 368 g/mol. The highest BCUT2D eigenvalue weighted by atomic mass is 35.5. The van der Waals surface area contributed by atoms with Gasteiger partial charge in [-0.1, -0.05) is 29.8 Å². The number of sulfonamides is 1. The van der Waals surface area contributed by atoms with Crippen LogP contribution < -0.4 is 4.83 Å². The summed E-state index contributed by atoms with van der Waals surface area (Å²) in [5.74, 6) is 0. The minimum absolute atomic E-state index is 0.234. The molecule has 0 radical (unpaired) electrons. The summed E-state index contributed by atoms with van der Waals surface area (Å²) in [6, 6.07) is 10.4. The van der Waals surface area contributed by atoms with Gasteiger partial charge in [-0.15, -0.1) is 0 Å². The molecule has 0 unspecified atom stereocenters. The second-order valence-corrected chi connectivity index (χ2v) is 7.10. The molecule has 1 N–H and O–H groups in total. The summed E-state index contributed by atoms with van der Waals surface area (Å²) in [4.78, 5) is 12.1. The van der Waals surface area contributed by atoms with Crippen LogP contribution in [0.15, 0.2) is 52.5 Å². The Morgan fingerprint density at radius 1 is 1.25 bits per heavy atom. The van der Waals surface area contributed by atoms with E-state index >= 15 is 0 Å². The van der Waals surface area contributed by atoms with E-state index in [-0.39, 0.29) is 10.6 Å². The Hall–Kier alpha value is -2.45.